The lowest BCUT2D eigenvalue weighted by Crippen LogP contribution is -2.47. The van der Waals surface area contributed by atoms with Gasteiger partial charge in [-0.1, -0.05) is 18.5 Å². The molecule has 0 radical (unpaired) electrons. The molecule has 0 unspecified atom stereocenters. The summed E-state index contributed by atoms with van der Waals surface area (Å²) in [6.07, 6.45) is 2.17. The van der Waals surface area contributed by atoms with Crippen molar-refractivity contribution >= 4 is 40.2 Å². The van der Waals surface area contributed by atoms with E-state index in [1.807, 2.05) is 12.1 Å². The Morgan fingerprint density at radius 2 is 1.83 bits per heavy atom. The molecule has 30 heavy (non-hydrogen) atoms. The highest BCUT2D eigenvalue weighted by Crippen LogP contribution is 2.28. The van der Waals surface area contributed by atoms with Gasteiger partial charge >= 0.3 is 0 Å². The minimum absolute atomic E-state index is 0.0105. The van der Waals surface area contributed by atoms with Crippen molar-refractivity contribution in [1.82, 2.24) is 19.7 Å². The number of thioether (sulfide) groups is 1. The molecule has 1 aromatic heterocycles. The molecule has 1 aliphatic rings. The van der Waals surface area contributed by atoms with Gasteiger partial charge in [-0.3, -0.25) is 9.59 Å². The number of halogens is 1. The van der Waals surface area contributed by atoms with Crippen LogP contribution in [-0.2, 0) is 11.8 Å². The largest absolute Gasteiger partial charge is 0.355 e. The number of benzene rings is 1. The maximum absolute atomic E-state index is 12.3. The highest BCUT2D eigenvalue weighted by Gasteiger charge is 2.15. The number of aryl methyl sites for hydroxylation is 1. The standard InChI is InChI=1S/C22H31ClN4O2S/c1-3-8-26-10-12-27(13-11-26)9-4-7-24-21(28)16-30-20-15-22(29)25(2)19-6-5-17(23)14-18(19)20/h5-6,14-15H,3-4,7-13,16H2,1-2H3,(H,24,28). The Hall–Kier alpha value is -1.54. The molecule has 164 valence electrons. The number of nitrogens with zero attached hydrogens (tertiary/aromatic N) is 3. The van der Waals surface area contributed by atoms with E-state index in [-0.39, 0.29) is 17.2 Å². The Balaban J connectivity index is 1.43. The number of pyridine rings is 1. The molecule has 1 aliphatic heterocycles. The molecule has 8 heteroatoms. The molecule has 0 bridgehead atoms. The Morgan fingerprint density at radius 3 is 2.53 bits per heavy atom. The highest BCUT2D eigenvalue weighted by atomic mass is 35.5. The number of fused-ring (bicyclic) bond motifs is 1. The first-order chi connectivity index (χ1) is 14.5. The molecule has 6 nitrogen and oxygen atoms in total. The van der Waals surface area contributed by atoms with Gasteiger partial charge < -0.3 is 19.7 Å². The minimum atomic E-state index is -0.0910. The number of carbonyl (C=O) groups is 1. The van der Waals surface area contributed by atoms with E-state index >= 15 is 0 Å². The molecule has 0 aliphatic carbocycles. The van der Waals surface area contributed by atoms with E-state index in [0.717, 1.165) is 54.9 Å². The summed E-state index contributed by atoms with van der Waals surface area (Å²) in [4.78, 5) is 30.3. The van der Waals surface area contributed by atoms with Crippen molar-refractivity contribution in [3.63, 3.8) is 0 Å². The van der Waals surface area contributed by atoms with Gasteiger partial charge in [-0.15, -0.1) is 11.8 Å². The zero-order valence-corrected chi connectivity index (χ0v) is 19.4. The van der Waals surface area contributed by atoms with Crippen LogP contribution in [0.15, 0.2) is 34.0 Å². The monoisotopic (exact) mass is 450 g/mol. The average Bonchev–Trinajstić information content (AvgIpc) is 2.74. The van der Waals surface area contributed by atoms with Crippen LogP contribution < -0.4 is 10.9 Å². The van der Waals surface area contributed by atoms with Crippen molar-refractivity contribution in [3.8, 4) is 0 Å². The Labute approximate surface area is 187 Å². The smallest absolute Gasteiger partial charge is 0.251 e. The Kier molecular flexibility index (Phi) is 8.62. The van der Waals surface area contributed by atoms with Gasteiger partial charge in [0, 0.05) is 61.1 Å². The normalized spacial score (nSPS) is 15.6. The number of nitrogens with one attached hydrogen (secondary N) is 1. The lowest BCUT2D eigenvalue weighted by Gasteiger charge is -2.34. The van der Waals surface area contributed by atoms with Crippen LogP contribution in [-0.4, -0.2) is 71.8 Å². The van der Waals surface area contributed by atoms with E-state index in [0.29, 0.717) is 11.6 Å². The molecule has 1 fully saturated rings. The molecule has 1 amide bonds. The van der Waals surface area contributed by atoms with Crippen LogP contribution in [0.1, 0.15) is 19.8 Å². The van der Waals surface area contributed by atoms with E-state index in [2.05, 4.69) is 22.0 Å². The zero-order chi connectivity index (χ0) is 21.5. The number of rotatable bonds is 9. The number of aromatic nitrogens is 1. The average molecular weight is 451 g/mol. The lowest BCUT2D eigenvalue weighted by molar-refractivity contribution is -0.118. The SMILES string of the molecule is CCCN1CCN(CCCNC(=O)CSc2cc(=O)n(C)c3ccc(Cl)cc23)CC1. The summed E-state index contributed by atoms with van der Waals surface area (Å²) in [5, 5.41) is 4.51. The summed E-state index contributed by atoms with van der Waals surface area (Å²) < 4.78 is 1.60. The molecule has 1 aromatic carbocycles. The summed E-state index contributed by atoms with van der Waals surface area (Å²) >= 11 is 7.52. The molecule has 2 heterocycles. The summed E-state index contributed by atoms with van der Waals surface area (Å²) in [5.41, 5.74) is 0.723. The number of carbonyl (C=O) groups excluding carboxylic acids is 1. The third kappa shape index (κ3) is 6.23. The number of hydrogen-bond donors (Lipinski definition) is 1. The zero-order valence-electron chi connectivity index (χ0n) is 17.8. The lowest BCUT2D eigenvalue weighted by atomic mass is 10.2. The van der Waals surface area contributed by atoms with Gasteiger partial charge in [-0.25, -0.2) is 0 Å². The van der Waals surface area contributed by atoms with Crippen LogP contribution in [0.3, 0.4) is 0 Å². The Morgan fingerprint density at radius 1 is 1.13 bits per heavy atom. The predicted molar refractivity (Wildman–Crippen MR) is 126 cm³/mol. The maximum Gasteiger partial charge on any atom is 0.251 e. The van der Waals surface area contributed by atoms with E-state index in [1.54, 1.807) is 23.7 Å². The van der Waals surface area contributed by atoms with Crippen molar-refractivity contribution in [1.29, 1.82) is 0 Å². The van der Waals surface area contributed by atoms with Crippen LogP contribution in [0.4, 0.5) is 0 Å². The summed E-state index contributed by atoms with van der Waals surface area (Å²) in [6, 6.07) is 7.03. The molecule has 0 saturated carbocycles. The van der Waals surface area contributed by atoms with E-state index in [4.69, 9.17) is 11.6 Å². The van der Waals surface area contributed by atoms with Crippen LogP contribution in [0.5, 0.6) is 0 Å². The van der Waals surface area contributed by atoms with Crippen molar-refractivity contribution in [3.05, 3.63) is 39.6 Å². The quantitative estimate of drug-likeness (QED) is 0.470. The predicted octanol–water partition coefficient (Wildman–Crippen LogP) is 2.82. The fraction of sp³-hybridized carbons (Fsp3) is 0.545. The third-order valence-electron chi connectivity index (χ3n) is 5.51. The van der Waals surface area contributed by atoms with Crippen molar-refractivity contribution in [2.24, 2.45) is 7.05 Å². The summed E-state index contributed by atoms with van der Waals surface area (Å²) in [7, 11) is 1.74. The van der Waals surface area contributed by atoms with Gasteiger partial charge in [-0.2, -0.15) is 0 Å². The molecule has 3 rings (SSSR count). The minimum Gasteiger partial charge on any atom is -0.355 e. The molecule has 1 saturated heterocycles. The first-order valence-electron chi connectivity index (χ1n) is 10.6. The second kappa shape index (κ2) is 11.2. The first kappa shape index (κ1) is 23.1. The number of piperazine rings is 1. The van der Waals surface area contributed by atoms with Gasteiger partial charge in [0.25, 0.3) is 5.56 Å². The summed E-state index contributed by atoms with van der Waals surface area (Å²) in [6.45, 7) is 9.63. The molecule has 1 N–H and O–H groups in total. The van der Waals surface area contributed by atoms with Gasteiger partial charge in [0.1, 0.15) is 0 Å². The molecular weight excluding hydrogens is 420 g/mol. The molecule has 2 aromatic rings. The van der Waals surface area contributed by atoms with Gasteiger partial charge in [0.05, 0.1) is 11.3 Å². The first-order valence-corrected chi connectivity index (χ1v) is 12.0. The van der Waals surface area contributed by atoms with E-state index in [9.17, 15) is 9.59 Å². The molecule has 0 spiro atoms. The topological polar surface area (TPSA) is 57.6 Å². The van der Waals surface area contributed by atoms with Gasteiger partial charge in [0.15, 0.2) is 0 Å². The van der Waals surface area contributed by atoms with E-state index in [1.165, 1.54) is 24.7 Å². The molecular formula is C22H31ClN4O2S. The fourth-order valence-corrected chi connectivity index (χ4v) is 4.86. The van der Waals surface area contributed by atoms with Crippen molar-refractivity contribution < 1.29 is 4.79 Å². The molecule has 0 atom stereocenters. The van der Waals surface area contributed by atoms with E-state index < -0.39 is 0 Å². The van der Waals surface area contributed by atoms with Gasteiger partial charge in [0.2, 0.25) is 5.91 Å². The van der Waals surface area contributed by atoms with Crippen LogP contribution in [0.25, 0.3) is 10.9 Å². The summed E-state index contributed by atoms with van der Waals surface area (Å²) in [5.74, 6) is 0.272. The van der Waals surface area contributed by atoms with Crippen LogP contribution in [0, 0.1) is 0 Å². The van der Waals surface area contributed by atoms with Crippen molar-refractivity contribution in [2.75, 3.05) is 51.6 Å². The number of hydrogen-bond acceptors (Lipinski definition) is 5. The van der Waals surface area contributed by atoms with Crippen LogP contribution in [0.2, 0.25) is 5.02 Å². The second-order valence-electron chi connectivity index (χ2n) is 7.74. The van der Waals surface area contributed by atoms with Gasteiger partial charge in [-0.05, 0) is 44.1 Å². The second-order valence-corrected chi connectivity index (χ2v) is 9.20. The van der Waals surface area contributed by atoms with Crippen molar-refractivity contribution in [2.45, 2.75) is 24.7 Å². The van der Waals surface area contributed by atoms with Crippen LogP contribution >= 0.6 is 23.4 Å². The Bertz CT molecular complexity index is 925. The highest BCUT2D eigenvalue weighted by molar-refractivity contribution is 8.00. The maximum atomic E-state index is 12.3. The third-order valence-corrected chi connectivity index (χ3v) is 6.80. The number of amides is 1. The fourth-order valence-electron chi connectivity index (χ4n) is 3.80.